The van der Waals surface area contributed by atoms with Gasteiger partial charge in [-0.15, -0.1) is 0 Å². The second-order valence-corrected chi connectivity index (χ2v) is 8.15. The average Bonchev–Trinajstić information content (AvgIpc) is 3.38. The van der Waals surface area contributed by atoms with Crippen LogP contribution in [0.5, 0.6) is 0 Å². The van der Waals surface area contributed by atoms with E-state index < -0.39 is 0 Å². The Bertz CT molecular complexity index is 1400. The Kier molecular flexibility index (Phi) is 5.89. The van der Waals surface area contributed by atoms with Crippen molar-refractivity contribution in [3.63, 3.8) is 0 Å². The van der Waals surface area contributed by atoms with Crippen LogP contribution in [-0.4, -0.2) is 34.7 Å². The van der Waals surface area contributed by atoms with Crippen molar-refractivity contribution in [3.8, 4) is 11.3 Å². The van der Waals surface area contributed by atoms with Crippen LogP contribution in [0.1, 0.15) is 44.2 Å². The second-order valence-electron chi connectivity index (χ2n) is 8.15. The highest BCUT2D eigenvalue weighted by atomic mass is 16.1. The van der Waals surface area contributed by atoms with Gasteiger partial charge in [0.2, 0.25) is 5.62 Å². The van der Waals surface area contributed by atoms with Crippen molar-refractivity contribution in [3.05, 3.63) is 64.0 Å². The summed E-state index contributed by atoms with van der Waals surface area (Å²) in [6, 6.07) is 3.98. The minimum absolute atomic E-state index is 0.0271. The van der Waals surface area contributed by atoms with Gasteiger partial charge in [0.1, 0.15) is 11.4 Å². The van der Waals surface area contributed by atoms with E-state index in [-0.39, 0.29) is 17.0 Å². The second kappa shape index (κ2) is 8.78. The molecule has 4 aromatic heterocycles. The number of hydrogen-bond acceptors (Lipinski definition) is 5. The third kappa shape index (κ3) is 4.05. The van der Waals surface area contributed by atoms with Crippen molar-refractivity contribution in [2.24, 2.45) is 0 Å². The van der Waals surface area contributed by atoms with Crippen LogP contribution >= 0.6 is 0 Å². The number of hydrogen-bond donors (Lipinski definition) is 3. The summed E-state index contributed by atoms with van der Waals surface area (Å²) >= 11 is 0. The lowest BCUT2D eigenvalue weighted by molar-refractivity contribution is 0.570. The van der Waals surface area contributed by atoms with E-state index >= 15 is 0 Å². The Morgan fingerprint density at radius 1 is 1.19 bits per heavy atom. The number of nitrogens with one attached hydrogen (secondary N) is 3. The summed E-state index contributed by atoms with van der Waals surface area (Å²) in [5.74, 6) is 0.0295. The van der Waals surface area contributed by atoms with Crippen molar-refractivity contribution >= 4 is 16.9 Å². The first kappa shape index (κ1) is 21.5. The topological polar surface area (TPSA) is 121 Å². The third-order valence-corrected chi connectivity index (χ3v) is 5.51. The van der Waals surface area contributed by atoms with Crippen LogP contribution in [0.3, 0.4) is 0 Å². The highest BCUT2D eigenvalue weighted by molar-refractivity contribution is 5.85. The number of nitrogens with zero attached hydrogens (tertiary/aromatic N) is 5. The molecule has 4 heterocycles. The quantitative estimate of drug-likeness (QED) is 0.236. The first-order chi connectivity index (χ1) is 15.4. The van der Waals surface area contributed by atoms with Crippen molar-refractivity contribution < 1.29 is 0 Å². The van der Waals surface area contributed by atoms with Crippen LogP contribution in [0.15, 0.2) is 41.7 Å². The molecule has 9 nitrogen and oxygen atoms in total. The van der Waals surface area contributed by atoms with Crippen LogP contribution in [0.25, 0.3) is 22.3 Å². The van der Waals surface area contributed by atoms with Gasteiger partial charge in [0.15, 0.2) is 0 Å². The fourth-order valence-electron chi connectivity index (χ4n) is 3.96. The summed E-state index contributed by atoms with van der Waals surface area (Å²) in [5.41, 5.74) is 4.50. The maximum Gasteiger partial charge on any atom is 0.284 e. The van der Waals surface area contributed by atoms with E-state index in [1.54, 1.807) is 6.20 Å². The highest BCUT2D eigenvalue weighted by Gasteiger charge is 2.16. The van der Waals surface area contributed by atoms with Gasteiger partial charge in [-0.3, -0.25) is 25.3 Å². The predicted octanol–water partition coefficient (Wildman–Crippen LogP) is 3.26. The van der Waals surface area contributed by atoms with Crippen LogP contribution in [-0.2, 0) is 13.1 Å². The van der Waals surface area contributed by atoms with Gasteiger partial charge in [-0.2, -0.15) is 5.10 Å². The zero-order valence-electron chi connectivity index (χ0n) is 18.6. The van der Waals surface area contributed by atoms with E-state index in [4.69, 9.17) is 10.8 Å². The summed E-state index contributed by atoms with van der Waals surface area (Å²) in [6.07, 6.45) is 10.3. The largest absolute Gasteiger partial charge is 0.349 e. The molecule has 9 heteroatoms. The molecule has 32 heavy (non-hydrogen) atoms. The van der Waals surface area contributed by atoms with E-state index in [9.17, 15) is 4.79 Å². The molecule has 0 atom stereocenters. The number of H-pyrrole nitrogens is 1. The van der Waals surface area contributed by atoms with E-state index in [0.29, 0.717) is 24.1 Å². The number of rotatable bonds is 7. The van der Waals surface area contributed by atoms with Gasteiger partial charge < -0.3 is 9.55 Å². The summed E-state index contributed by atoms with van der Waals surface area (Å²) in [4.78, 5) is 20.5. The fraction of sp³-hybridized carbons (Fsp3) is 0.348. The number of aromatic nitrogens is 6. The lowest BCUT2D eigenvalue weighted by Crippen LogP contribution is -2.43. The van der Waals surface area contributed by atoms with E-state index in [1.165, 1.54) is 6.92 Å². The van der Waals surface area contributed by atoms with Gasteiger partial charge in [-0.25, -0.2) is 4.57 Å². The lowest BCUT2D eigenvalue weighted by atomic mass is 10.2. The summed E-state index contributed by atoms with van der Waals surface area (Å²) in [7, 11) is 0. The smallest absolute Gasteiger partial charge is 0.284 e. The number of unbranched alkanes of at least 4 members (excludes halogenated alkanes) is 2. The first-order valence-electron chi connectivity index (χ1n) is 10.8. The fourth-order valence-corrected chi connectivity index (χ4v) is 3.96. The molecule has 4 aromatic rings. The van der Waals surface area contributed by atoms with Crippen LogP contribution in [0, 0.1) is 17.7 Å². The minimum atomic E-state index is -0.381. The Hall–Kier alpha value is -3.75. The SMILES string of the molecule is CCCCCn1c(=N)n(C(C)=N)c(=O)c2[nH]c(-c3cnn(Cc4cncc(C)c4)c3)cc21. The Morgan fingerprint density at radius 2 is 2.00 bits per heavy atom. The van der Waals surface area contributed by atoms with Crippen LogP contribution in [0.4, 0.5) is 0 Å². The molecule has 0 unspecified atom stereocenters. The van der Waals surface area contributed by atoms with Crippen LogP contribution < -0.4 is 11.2 Å². The Labute approximate surface area is 185 Å². The van der Waals surface area contributed by atoms with Crippen molar-refractivity contribution in [1.82, 2.24) is 28.9 Å². The molecule has 0 saturated heterocycles. The number of aryl methyl sites for hydroxylation is 2. The maximum atomic E-state index is 13.0. The van der Waals surface area contributed by atoms with Gasteiger partial charge in [-0.05, 0) is 37.5 Å². The standard InChI is InChI=1S/C23H28N8O/c1-4-5-6-7-30-20-9-19(28-21(20)22(32)31(16(3)24)23(30)25)18-12-27-29(14-18)13-17-8-15(2)10-26-11-17/h8-12,14,24-25,28H,4-7,13H2,1-3H3. The zero-order chi connectivity index (χ0) is 22.8. The van der Waals surface area contributed by atoms with Gasteiger partial charge >= 0.3 is 0 Å². The van der Waals surface area contributed by atoms with Gasteiger partial charge in [-0.1, -0.05) is 25.8 Å². The van der Waals surface area contributed by atoms with Crippen LogP contribution in [0.2, 0.25) is 0 Å². The Morgan fingerprint density at radius 3 is 2.72 bits per heavy atom. The van der Waals surface area contributed by atoms with E-state index in [2.05, 4.69) is 28.1 Å². The molecule has 0 spiro atoms. The third-order valence-electron chi connectivity index (χ3n) is 5.51. The van der Waals surface area contributed by atoms with Crippen molar-refractivity contribution in [2.75, 3.05) is 0 Å². The molecule has 0 aliphatic carbocycles. The van der Waals surface area contributed by atoms with Crippen molar-refractivity contribution in [1.29, 1.82) is 10.8 Å². The van der Waals surface area contributed by atoms with E-state index in [0.717, 1.165) is 46.2 Å². The average molecular weight is 433 g/mol. The molecule has 166 valence electrons. The zero-order valence-corrected chi connectivity index (χ0v) is 18.6. The normalized spacial score (nSPS) is 11.3. The molecule has 0 aliphatic rings. The Balaban J connectivity index is 1.76. The predicted molar refractivity (Wildman–Crippen MR) is 124 cm³/mol. The molecule has 4 rings (SSSR count). The molecule has 0 saturated carbocycles. The summed E-state index contributed by atoms with van der Waals surface area (Å²) < 4.78 is 4.79. The molecule has 0 bridgehead atoms. The molecule has 0 aliphatic heterocycles. The lowest BCUT2D eigenvalue weighted by Gasteiger charge is -2.12. The van der Waals surface area contributed by atoms with E-state index in [1.807, 2.05) is 40.8 Å². The monoisotopic (exact) mass is 432 g/mol. The molecular formula is C23H28N8O. The molecule has 0 amide bonds. The number of fused-ring (bicyclic) bond motifs is 1. The summed E-state index contributed by atoms with van der Waals surface area (Å²) in [5, 5.41) is 21.0. The van der Waals surface area contributed by atoms with Gasteiger partial charge in [0.05, 0.1) is 24.0 Å². The molecule has 3 N–H and O–H groups in total. The molecule has 0 aromatic carbocycles. The van der Waals surface area contributed by atoms with Gasteiger partial charge in [0, 0.05) is 30.7 Å². The first-order valence-corrected chi connectivity index (χ1v) is 10.8. The minimum Gasteiger partial charge on any atom is -0.349 e. The van der Waals surface area contributed by atoms with Crippen molar-refractivity contribution in [2.45, 2.75) is 53.1 Å². The molecule has 0 fully saturated rings. The number of aromatic amines is 1. The highest BCUT2D eigenvalue weighted by Crippen LogP contribution is 2.22. The number of pyridine rings is 1. The van der Waals surface area contributed by atoms with Gasteiger partial charge in [0.25, 0.3) is 5.56 Å². The molecular weight excluding hydrogens is 404 g/mol. The maximum absolute atomic E-state index is 13.0. The molecule has 0 radical (unpaired) electrons. The summed E-state index contributed by atoms with van der Waals surface area (Å²) in [6.45, 7) is 6.88.